The van der Waals surface area contributed by atoms with E-state index >= 15 is 0 Å². The Bertz CT molecular complexity index is 1060. The van der Waals surface area contributed by atoms with Crippen LogP contribution in [0.2, 0.25) is 0 Å². The van der Waals surface area contributed by atoms with Crippen molar-refractivity contribution in [3.63, 3.8) is 0 Å². The number of aromatic nitrogens is 2. The average molecular weight is 402 g/mol. The number of hydrogen-bond donors (Lipinski definition) is 1. The maximum Gasteiger partial charge on any atom is 0.255 e. The summed E-state index contributed by atoms with van der Waals surface area (Å²) in [5.41, 5.74) is 4.49. The highest BCUT2D eigenvalue weighted by molar-refractivity contribution is 6.09. The maximum absolute atomic E-state index is 12.9. The monoisotopic (exact) mass is 402 g/mol. The van der Waals surface area contributed by atoms with Gasteiger partial charge in [-0.25, -0.2) is 4.68 Å². The fourth-order valence-corrected chi connectivity index (χ4v) is 3.88. The van der Waals surface area contributed by atoms with Crippen LogP contribution >= 0.6 is 0 Å². The zero-order valence-corrected chi connectivity index (χ0v) is 17.4. The lowest BCUT2D eigenvalue weighted by atomic mass is 10.1. The normalized spacial score (nSPS) is 13.9. The van der Waals surface area contributed by atoms with Crippen LogP contribution in [0.4, 0.5) is 5.69 Å². The number of benzene rings is 2. The Kier molecular flexibility index (Phi) is 5.65. The number of rotatable bonds is 4. The van der Waals surface area contributed by atoms with E-state index < -0.39 is 0 Å². The average Bonchev–Trinajstić information content (AvgIpc) is 3.12. The van der Waals surface area contributed by atoms with E-state index in [0.717, 1.165) is 49.4 Å². The smallest absolute Gasteiger partial charge is 0.255 e. The molecule has 1 aliphatic heterocycles. The molecule has 1 aliphatic rings. The molecule has 1 saturated heterocycles. The van der Waals surface area contributed by atoms with Crippen molar-refractivity contribution in [2.45, 2.75) is 33.1 Å². The highest BCUT2D eigenvalue weighted by atomic mass is 16.2. The number of carbonyl (C=O) groups excluding carboxylic acids is 2. The van der Waals surface area contributed by atoms with Crippen molar-refractivity contribution < 1.29 is 9.59 Å². The molecule has 30 heavy (non-hydrogen) atoms. The summed E-state index contributed by atoms with van der Waals surface area (Å²) in [5, 5.41) is 7.38. The summed E-state index contributed by atoms with van der Waals surface area (Å²) < 4.78 is 1.85. The molecular weight excluding hydrogens is 376 g/mol. The molecule has 4 rings (SSSR count). The van der Waals surface area contributed by atoms with Crippen LogP contribution in [0.5, 0.6) is 0 Å². The van der Waals surface area contributed by atoms with Gasteiger partial charge in [0.05, 0.1) is 22.6 Å². The first-order valence-corrected chi connectivity index (χ1v) is 10.4. The number of para-hydroxylation sites is 1. The first-order chi connectivity index (χ1) is 14.5. The van der Waals surface area contributed by atoms with Gasteiger partial charge in [0.25, 0.3) is 11.8 Å². The Morgan fingerprint density at radius 2 is 1.63 bits per heavy atom. The van der Waals surface area contributed by atoms with Gasteiger partial charge in [-0.3, -0.25) is 9.59 Å². The second kappa shape index (κ2) is 8.53. The summed E-state index contributed by atoms with van der Waals surface area (Å²) in [6, 6.07) is 16.5. The van der Waals surface area contributed by atoms with Gasteiger partial charge in [-0.05, 0) is 75.6 Å². The van der Waals surface area contributed by atoms with E-state index in [2.05, 4.69) is 10.4 Å². The zero-order valence-electron chi connectivity index (χ0n) is 17.4. The predicted molar refractivity (Wildman–Crippen MR) is 117 cm³/mol. The van der Waals surface area contributed by atoms with Gasteiger partial charge in [-0.15, -0.1) is 0 Å². The molecule has 154 valence electrons. The number of hydrogen-bond acceptors (Lipinski definition) is 3. The van der Waals surface area contributed by atoms with Gasteiger partial charge < -0.3 is 10.2 Å². The SMILES string of the molecule is Cc1cc(C)n(-c2ccc(C(=O)Nc3ccccc3C(=O)N3CCCCC3)cc2)n1. The third-order valence-electron chi connectivity index (χ3n) is 5.43. The third-order valence-corrected chi connectivity index (χ3v) is 5.43. The second-order valence-electron chi connectivity index (χ2n) is 7.74. The summed E-state index contributed by atoms with van der Waals surface area (Å²) >= 11 is 0. The molecule has 2 aromatic carbocycles. The Morgan fingerprint density at radius 3 is 2.30 bits per heavy atom. The summed E-state index contributed by atoms with van der Waals surface area (Å²) in [6.45, 7) is 5.49. The van der Waals surface area contributed by atoms with Crippen LogP contribution in [0.3, 0.4) is 0 Å². The first kappa shape index (κ1) is 19.9. The Labute approximate surface area is 176 Å². The number of likely N-dealkylation sites (tertiary alicyclic amines) is 1. The fourth-order valence-electron chi connectivity index (χ4n) is 3.88. The van der Waals surface area contributed by atoms with E-state index in [-0.39, 0.29) is 11.8 Å². The minimum Gasteiger partial charge on any atom is -0.339 e. The van der Waals surface area contributed by atoms with Crippen molar-refractivity contribution in [1.82, 2.24) is 14.7 Å². The zero-order chi connectivity index (χ0) is 21.1. The van der Waals surface area contributed by atoms with Crippen LogP contribution in [0, 0.1) is 13.8 Å². The predicted octanol–water partition coefficient (Wildman–Crippen LogP) is 4.37. The van der Waals surface area contributed by atoms with Crippen LogP contribution in [0.1, 0.15) is 51.4 Å². The molecule has 0 bridgehead atoms. The molecule has 3 aromatic rings. The van der Waals surface area contributed by atoms with E-state index in [1.165, 1.54) is 0 Å². The number of aryl methyl sites for hydroxylation is 2. The number of carbonyl (C=O) groups is 2. The Hall–Kier alpha value is -3.41. The summed E-state index contributed by atoms with van der Waals surface area (Å²) in [4.78, 5) is 27.6. The molecule has 2 heterocycles. The van der Waals surface area contributed by atoms with Gasteiger partial charge in [-0.1, -0.05) is 12.1 Å². The standard InChI is InChI=1S/C24H26N4O2/c1-17-16-18(2)28(26-17)20-12-10-19(11-13-20)23(29)25-22-9-5-4-8-21(22)24(30)27-14-6-3-7-15-27/h4-5,8-13,16H,3,6-7,14-15H2,1-2H3,(H,25,29). The number of nitrogens with zero attached hydrogens (tertiary/aromatic N) is 3. The fraction of sp³-hybridized carbons (Fsp3) is 0.292. The quantitative estimate of drug-likeness (QED) is 0.705. The molecule has 0 atom stereocenters. The van der Waals surface area contributed by atoms with Gasteiger partial charge in [0.15, 0.2) is 0 Å². The number of nitrogens with one attached hydrogen (secondary N) is 1. The molecule has 0 aliphatic carbocycles. The van der Waals surface area contributed by atoms with E-state index in [0.29, 0.717) is 16.8 Å². The molecule has 0 saturated carbocycles. The van der Waals surface area contributed by atoms with Crippen LogP contribution in [-0.2, 0) is 0 Å². The van der Waals surface area contributed by atoms with E-state index in [1.54, 1.807) is 24.3 Å². The lowest BCUT2D eigenvalue weighted by molar-refractivity contribution is 0.0725. The molecule has 2 amide bonds. The molecule has 0 unspecified atom stereocenters. The van der Waals surface area contributed by atoms with Crippen molar-refractivity contribution >= 4 is 17.5 Å². The van der Waals surface area contributed by atoms with Gasteiger partial charge in [0.1, 0.15) is 0 Å². The minimum atomic E-state index is -0.242. The highest BCUT2D eigenvalue weighted by Gasteiger charge is 2.21. The first-order valence-electron chi connectivity index (χ1n) is 10.4. The Balaban J connectivity index is 1.51. The largest absolute Gasteiger partial charge is 0.339 e. The minimum absolute atomic E-state index is 0.0227. The van der Waals surface area contributed by atoms with Crippen LogP contribution in [0.15, 0.2) is 54.6 Å². The van der Waals surface area contributed by atoms with Crippen LogP contribution in [0.25, 0.3) is 5.69 Å². The molecule has 1 aromatic heterocycles. The van der Waals surface area contributed by atoms with Crippen molar-refractivity contribution in [2.75, 3.05) is 18.4 Å². The van der Waals surface area contributed by atoms with Crippen LogP contribution < -0.4 is 5.32 Å². The number of amides is 2. The van der Waals surface area contributed by atoms with Crippen molar-refractivity contribution in [3.8, 4) is 5.69 Å². The lowest BCUT2D eigenvalue weighted by Gasteiger charge is -2.27. The molecule has 0 spiro atoms. The lowest BCUT2D eigenvalue weighted by Crippen LogP contribution is -2.36. The third kappa shape index (κ3) is 4.13. The maximum atomic E-state index is 12.9. The van der Waals surface area contributed by atoms with E-state index in [4.69, 9.17) is 0 Å². The molecule has 0 radical (unpaired) electrons. The van der Waals surface area contributed by atoms with Crippen LogP contribution in [-0.4, -0.2) is 39.6 Å². The number of anilines is 1. The topological polar surface area (TPSA) is 67.2 Å². The number of piperidine rings is 1. The molecule has 1 fully saturated rings. The Morgan fingerprint density at radius 1 is 0.933 bits per heavy atom. The highest BCUT2D eigenvalue weighted by Crippen LogP contribution is 2.21. The van der Waals surface area contributed by atoms with E-state index in [9.17, 15) is 9.59 Å². The van der Waals surface area contributed by atoms with Crippen molar-refractivity contribution in [3.05, 3.63) is 77.1 Å². The summed E-state index contributed by atoms with van der Waals surface area (Å²) in [7, 11) is 0. The van der Waals surface area contributed by atoms with Gasteiger partial charge in [0, 0.05) is 24.3 Å². The summed E-state index contributed by atoms with van der Waals surface area (Å²) in [5.74, 6) is -0.265. The second-order valence-corrected chi connectivity index (χ2v) is 7.74. The molecule has 6 heteroatoms. The van der Waals surface area contributed by atoms with Crippen molar-refractivity contribution in [2.24, 2.45) is 0 Å². The van der Waals surface area contributed by atoms with Gasteiger partial charge in [-0.2, -0.15) is 5.10 Å². The molecular formula is C24H26N4O2. The van der Waals surface area contributed by atoms with Gasteiger partial charge in [0.2, 0.25) is 0 Å². The molecule has 1 N–H and O–H groups in total. The van der Waals surface area contributed by atoms with E-state index in [1.807, 2.05) is 53.8 Å². The summed E-state index contributed by atoms with van der Waals surface area (Å²) in [6.07, 6.45) is 3.22. The molecule has 6 nitrogen and oxygen atoms in total. The van der Waals surface area contributed by atoms with Gasteiger partial charge >= 0.3 is 0 Å². The van der Waals surface area contributed by atoms with Crippen molar-refractivity contribution in [1.29, 1.82) is 0 Å².